The van der Waals surface area contributed by atoms with Gasteiger partial charge in [0.15, 0.2) is 0 Å². The summed E-state index contributed by atoms with van der Waals surface area (Å²) in [6.07, 6.45) is 5.90. The van der Waals surface area contributed by atoms with Gasteiger partial charge in [-0.2, -0.15) is 0 Å². The molecule has 3 nitrogen and oxygen atoms in total. The molecule has 0 radical (unpaired) electrons. The van der Waals surface area contributed by atoms with Crippen molar-refractivity contribution < 1.29 is 0 Å². The van der Waals surface area contributed by atoms with Crippen molar-refractivity contribution in [2.45, 2.75) is 37.9 Å². The summed E-state index contributed by atoms with van der Waals surface area (Å²) in [5.41, 5.74) is 2.53. The van der Waals surface area contributed by atoms with Crippen molar-refractivity contribution in [3.05, 3.63) is 42.1 Å². The Kier molecular flexibility index (Phi) is 3.17. The van der Waals surface area contributed by atoms with Crippen LogP contribution in [0.2, 0.25) is 0 Å². The maximum Gasteiger partial charge on any atom is 0.0746 e. The van der Waals surface area contributed by atoms with E-state index in [1.807, 2.05) is 12.3 Å². The molecule has 2 fully saturated rings. The SMILES string of the molecule is c1cnc2c(CN3CCC4CCC(C3)N4)cccc2c1. The minimum absolute atomic E-state index is 0.699. The number of nitrogens with one attached hydrogen (secondary N) is 1. The molecule has 0 spiro atoms. The first-order valence-corrected chi connectivity index (χ1v) is 7.69. The van der Waals surface area contributed by atoms with E-state index < -0.39 is 0 Å². The van der Waals surface area contributed by atoms with E-state index in [0.717, 1.165) is 18.1 Å². The van der Waals surface area contributed by atoms with Gasteiger partial charge in [0, 0.05) is 43.3 Å². The summed E-state index contributed by atoms with van der Waals surface area (Å²) in [5.74, 6) is 0. The van der Waals surface area contributed by atoms with Crippen LogP contribution in [0.15, 0.2) is 36.5 Å². The Labute approximate surface area is 120 Å². The Morgan fingerprint density at radius 3 is 3.00 bits per heavy atom. The molecular formula is C17H21N3. The third-order valence-electron chi connectivity index (χ3n) is 4.72. The van der Waals surface area contributed by atoms with Crippen LogP contribution in [-0.2, 0) is 6.54 Å². The number of para-hydroxylation sites is 1. The Bertz CT molecular complexity index is 605. The van der Waals surface area contributed by atoms with Crippen LogP contribution < -0.4 is 5.32 Å². The molecule has 4 rings (SSSR count). The van der Waals surface area contributed by atoms with Crippen molar-refractivity contribution in [3.8, 4) is 0 Å². The molecule has 2 atom stereocenters. The second-order valence-electron chi connectivity index (χ2n) is 6.15. The zero-order valence-corrected chi connectivity index (χ0v) is 11.8. The van der Waals surface area contributed by atoms with Gasteiger partial charge in [0.25, 0.3) is 0 Å². The molecule has 2 aromatic rings. The summed E-state index contributed by atoms with van der Waals surface area (Å²) in [7, 11) is 0. The van der Waals surface area contributed by atoms with E-state index in [-0.39, 0.29) is 0 Å². The molecule has 0 aliphatic carbocycles. The van der Waals surface area contributed by atoms with Gasteiger partial charge in [-0.3, -0.25) is 9.88 Å². The van der Waals surface area contributed by atoms with E-state index in [1.54, 1.807) is 0 Å². The summed E-state index contributed by atoms with van der Waals surface area (Å²) >= 11 is 0. The summed E-state index contributed by atoms with van der Waals surface area (Å²) in [6.45, 7) is 3.41. The van der Waals surface area contributed by atoms with Crippen molar-refractivity contribution in [2.24, 2.45) is 0 Å². The quantitative estimate of drug-likeness (QED) is 0.906. The average Bonchev–Trinajstić information content (AvgIpc) is 2.82. The van der Waals surface area contributed by atoms with Crippen LogP contribution in [0.4, 0.5) is 0 Å². The fourth-order valence-corrected chi connectivity index (χ4v) is 3.69. The third kappa shape index (κ3) is 2.32. The van der Waals surface area contributed by atoms with Crippen LogP contribution in [0.1, 0.15) is 24.8 Å². The van der Waals surface area contributed by atoms with Crippen LogP contribution in [0.25, 0.3) is 10.9 Å². The zero-order chi connectivity index (χ0) is 13.4. The van der Waals surface area contributed by atoms with Crippen LogP contribution in [0.5, 0.6) is 0 Å². The van der Waals surface area contributed by atoms with Crippen LogP contribution in [0.3, 0.4) is 0 Å². The normalized spacial score (nSPS) is 26.8. The van der Waals surface area contributed by atoms with Gasteiger partial charge in [-0.25, -0.2) is 0 Å². The van der Waals surface area contributed by atoms with Gasteiger partial charge in [0.1, 0.15) is 0 Å². The molecule has 2 bridgehead atoms. The van der Waals surface area contributed by atoms with Gasteiger partial charge in [0.05, 0.1) is 5.52 Å². The smallest absolute Gasteiger partial charge is 0.0746 e. The number of likely N-dealkylation sites (tertiary alicyclic amines) is 1. The molecule has 20 heavy (non-hydrogen) atoms. The fraction of sp³-hybridized carbons (Fsp3) is 0.471. The van der Waals surface area contributed by atoms with Gasteiger partial charge >= 0.3 is 0 Å². The molecule has 1 N–H and O–H groups in total. The van der Waals surface area contributed by atoms with Crippen LogP contribution >= 0.6 is 0 Å². The summed E-state index contributed by atoms with van der Waals surface area (Å²) < 4.78 is 0. The Hall–Kier alpha value is -1.45. The topological polar surface area (TPSA) is 28.2 Å². The molecule has 1 aromatic carbocycles. The lowest BCUT2D eigenvalue weighted by Gasteiger charge is -2.24. The zero-order valence-electron chi connectivity index (χ0n) is 11.8. The molecule has 2 unspecified atom stereocenters. The number of hydrogen-bond donors (Lipinski definition) is 1. The highest BCUT2D eigenvalue weighted by atomic mass is 15.2. The monoisotopic (exact) mass is 267 g/mol. The molecule has 2 aliphatic rings. The third-order valence-corrected chi connectivity index (χ3v) is 4.72. The number of rotatable bonds is 2. The molecule has 3 heteroatoms. The predicted octanol–water partition coefficient (Wildman–Crippen LogP) is 2.56. The average molecular weight is 267 g/mol. The Morgan fingerprint density at radius 2 is 2.00 bits per heavy atom. The number of pyridine rings is 1. The van der Waals surface area contributed by atoms with Crippen molar-refractivity contribution in [2.75, 3.05) is 13.1 Å². The highest BCUT2D eigenvalue weighted by Crippen LogP contribution is 2.23. The Balaban J connectivity index is 1.58. The number of nitrogens with zero attached hydrogens (tertiary/aromatic N) is 2. The van der Waals surface area contributed by atoms with E-state index in [9.17, 15) is 0 Å². The molecule has 2 aliphatic heterocycles. The van der Waals surface area contributed by atoms with Crippen molar-refractivity contribution in [1.82, 2.24) is 15.2 Å². The first-order chi connectivity index (χ1) is 9.88. The first-order valence-electron chi connectivity index (χ1n) is 7.69. The lowest BCUT2D eigenvalue weighted by atomic mass is 10.1. The number of fused-ring (bicyclic) bond motifs is 3. The Morgan fingerprint density at radius 1 is 1.10 bits per heavy atom. The molecule has 0 amide bonds. The number of hydrogen-bond acceptors (Lipinski definition) is 3. The maximum atomic E-state index is 4.58. The molecule has 0 saturated carbocycles. The van der Waals surface area contributed by atoms with E-state index in [2.05, 4.69) is 39.5 Å². The fourth-order valence-electron chi connectivity index (χ4n) is 3.69. The van der Waals surface area contributed by atoms with Gasteiger partial charge < -0.3 is 5.32 Å². The first kappa shape index (κ1) is 12.3. The van der Waals surface area contributed by atoms with Gasteiger partial charge in [-0.1, -0.05) is 24.3 Å². The van der Waals surface area contributed by atoms with E-state index in [0.29, 0.717) is 6.04 Å². The van der Waals surface area contributed by atoms with Gasteiger partial charge in [-0.05, 0) is 30.9 Å². The predicted molar refractivity (Wildman–Crippen MR) is 81.6 cm³/mol. The van der Waals surface area contributed by atoms with E-state index in [1.165, 1.54) is 43.3 Å². The van der Waals surface area contributed by atoms with Crippen molar-refractivity contribution in [1.29, 1.82) is 0 Å². The molecular weight excluding hydrogens is 246 g/mol. The molecule has 1 aromatic heterocycles. The summed E-state index contributed by atoms with van der Waals surface area (Å²) in [5, 5.41) is 5.00. The number of benzene rings is 1. The van der Waals surface area contributed by atoms with Gasteiger partial charge in [-0.15, -0.1) is 0 Å². The largest absolute Gasteiger partial charge is 0.310 e. The minimum atomic E-state index is 0.699. The van der Waals surface area contributed by atoms with Crippen LogP contribution in [-0.4, -0.2) is 35.1 Å². The lowest BCUT2D eigenvalue weighted by Crippen LogP contribution is -2.35. The van der Waals surface area contributed by atoms with E-state index >= 15 is 0 Å². The van der Waals surface area contributed by atoms with Crippen LogP contribution in [0, 0.1) is 0 Å². The van der Waals surface area contributed by atoms with E-state index in [4.69, 9.17) is 0 Å². The lowest BCUT2D eigenvalue weighted by molar-refractivity contribution is 0.251. The summed E-state index contributed by atoms with van der Waals surface area (Å²) in [4.78, 5) is 7.17. The van der Waals surface area contributed by atoms with Crippen molar-refractivity contribution in [3.63, 3.8) is 0 Å². The number of aromatic nitrogens is 1. The molecule has 3 heterocycles. The summed E-state index contributed by atoms with van der Waals surface area (Å²) in [6, 6.07) is 12.2. The second kappa shape index (κ2) is 5.15. The minimum Gasteiger partial charge on any atom is -0.310 e. The molecule has 104 valence electrons. The maximum absolute atomic E-state index is 4.58. The highest BCUT2D eigenvalue weighted by molar-refractivity contribution is 5.81. The standard InChI is InChI=1S/C17H21N3/c1-3-13-5-2-9-18-17(13)14(4-1)11-20-10-8-15-6-7-16(12-20)19-15/h1-5,9,15-16,19H,6-8,10-12H2. The van der Waals surface area contributed by atoms with Gasteiger partial charge in [0.2, 0.25) is 0 Å². The second-order valence-corrected chi connectivity index (χ2v) is 6.15. The van der Waals surface area contributed by atoms with Crippen molar-refractivity contribution >= 4 is 10.9 Å². The highest BCUT2D eigenvalue weighted by Gasteiger charge is 2.29. The molecule has 2 saturated heterocycles.